The lowest BCUT2D eigenvalue weighted by Crippen LogP contribution is -2.31. The number of hydrogen-bond acceptors (Lipinski definition) is 3. The molecule has 0 spiro atoms. The van der Waals surface area contributed by atoms with E-state index in [0.717, 1.165) is 54.1 Å². The molecule has 0 unspecified atom stereocenters. The third-order valence-electron chi connectivity index (χ3n) is 6.21. The quantitative estimate of drug-likeness (QED) is 0.626. The third kappa shape index (κ3) is 3.63. The number of carbonyl (C=O) groups excluding carboxylic acids is 1. The van der Waals surface area contributed by atoms with E-state index in [4.69, 9.17) is 4.74 Å². The summed E-state index contributed by atoms with van der Waals surface area (Å²) in [4.78, 5) is 12.2. The molecule has 1 saturated carbocycles. The van der Waals surface area contributed by atoms with E-state index in [0.29, 0.717) is 12.1 Å². The van der Waals surface area contributed by atoms with Gasteiger partial charge in [0.15, 0.2) is 0 Å². The molecule has 2 heterocycles. The summed E-state index contributed by atoms with van der Waals surface area (Å²) in [7, 11) is 0. The third-order valence-corrected chi connectivity index (χ3v) is 6.21. The van der Waals surface area contributed by atoms with Gasteiger partial charge in [-0.2, -0.15) is 5.10 Å². The number of aromatic nitrogens is 2. The van der Waals surface area contributed by atoms with Crippen LogP contribution in [0, 0.1) is 0 Å². The van der Waals surface area contributed by atoms with Crippen molar-refractivity contribution in [1.29, 1.82) is 0 Å². The van der Waals surface area contributed by atoms with Crippen molar-refractivity contribution in [3.05, 3.63) is 59.4 Å². The van der Waals surface area contributed by atoms with Crippen LogP contribution in [0.5, 0.6) is 0 Å². The summed E-state index contributed by atoms with van der Waals surface area (Å²) >= 11 is 0. The first-order valence-corrected chi connectivity index (χ1v) is 10.9. The van der Waals surface area contributed by atoms with Crippen molar-refractivity contribution in [3.63, 3.8) is 0 Å². The van der Waals surface area contributed by atoms with E-state index in [-0.39, 0.29) is 11.5 Å². The smallest absolute Gasteiger partial charge is 0.256 e. The Morgan fingerprint density at radius 2 is 1.93 bits per heavy atom. The van der Waals surface area contributed by atoms with Gasteiger partial charge in [-0.1, -0.05) is 18.2 Å². The fourth-order valence-corrected chi connectivity index (χ4v) is 4.92. The van der Waals surface area contributed by atoms with Gasteiger partial charge in [0.2, 0.25) is 0 Å². The Morgan fingerprint density at radius 1 is 1.13 bits per heavy atom. The lowest BCUT2D eigenvalue weighted by molar-refractivity contribution is -0.0778. The number of nitrogens with one attached hydrogen (secondary N) is 1. The van der Waals surface area contributed by atoms with Crippen LogP contribution in [-0.2, 0) is 11.2 Å². The number of rotatable bonds is 4. The van der Waals surface area contributed by atoms with Crippen LogP contribution in [0.2, 0.25) is 0 Å². The zero-order valence-corrected chi connectivity index (χ0v) is 17.9. The molecular weight excluding hydrogens is 374 g/mol. The Bertz CT molecular complexity index is 1100. The van der Waals surface area contributed by atoms with Crippen molar-refractivity contribution in [2.24, 2.45) is 0 Å². The first-order chi connectivity index (χ1) is 14.4. The number of carbonyl (C=O) groups is 1. The number of nitrogens with zero attached hydrogens (tertiary/aromatic N) is 2. The van der Waals surface area contributed by atoms with Gasteiger partial charge in [-0.3, -0.25) is 9.48 Å². The molecule has 0 saturated heterocycles. The van der Waals surface area contributed by atoms with Gasteiger partial charge >= 0.3 is 0 Å². The first kappa shape index (κ1) is 19.3. The molecular formula is C25H29N3O2. The van der Waals surface area contributed by atoms with Crippen LogP contribution in [0.15, 0.2) is 42.7 Å². The zero-order chi connectivity index (χ0) is 20.9. The van der Waals surface area contributed by atoms with E-state index in [1.807, 2.05) is 24.4 Å². The first-order valence-electron chi connectivity index (χ1n) is 10.9. The molecule has 3 aromatic rings. The van der Waals surface area contributed by atoms with Crippen molar-refractivity contribution < 1.29 is 9.53 Å². The average molecular weight is 404 g/mol. The van der Waals surface area contributed by atoms with Gasteiger partial charge in [0.25, 0.3) is 5.91 Å². The van der Waals surface area contributed by atoms with Gasteiger partial charge < -0.3 is 10.1 Å². The maximum atomic E-state index is 12.2. The highest BCUT2D eigenvalue weighted by Gasteiger charge is 2.27. The van der Waals surface area contributed by atoms with E-state index in [1.54, 1.807) is 0 Å². The van der Waals surface area contributed by atoms with Crippen molar-refractivity contribution in [2.75, 3.05) is 5.32 Å². The van der Waals surface area contributed by atoms with Crippen LogP contribution in [0.4, 0.5) is 5.69 Å². The molecule has 1 aromatic heterocycles. The summed E-state index contributed by atoms with van der Waals surface area (Å²) in [5.41, 5.74) is 4.06. The molecule has 1 aliphatic heterocycles. The molecule has 0 radical (unpaired) electrons. The molecule has 2 aliphatic rings. The maximum absolute atomic E-state index is 12.2. The van der Waals surface area contributed by atoms with Crippen molar-refractivity contribution >= 4 is 22.4 Å². The van der Waals surface area contributed by atoms with E-state index in [2.05, 4.69) is 54.2 Å². The van der Waals surface area contributed by atoms with E-state index < -0.39 is 0 Å². The predicted molar refractivity (Wildman–Crippen MR) is 119 cm³/mol. The zero-order valence-electron chi connectivity index (χ0n) is 17.9. The fourth-order valence-electron chi connectivity index (χ4n) is 4.92. The van der Waals surface area contributed by atoms with E-state index in [1.165, 1.54) is 11.1 Å². The molecule has 5 nitrogen and oxygen atoms in total. The number of amides is 1. The Balaban J connectivity index is 1.31. The van der Waals surface area contributed by atoms with Gasteiger partial charge in [-0.15, -0.1) is 0 Å². The van der Waals surface area contributed by atoms with Crippen molar-refractivity contribution in [3.8, 4) is 0 Å². The summed E-state index contributed by atoms with van der Waals surface area (Å²) < 4.78 is 8.31. The molecule has 1 amide bonds. The van der Waals surface area contributed by atoms with Gasteiger partial charge in [0.1, 0.15) is 0 Å². The maximum Gasteiger partial charge on any atom is 0.256 e. The number of benzene rings is 2. The number of ether oxygens (including phenoxy) is 1. The van der Waals surface area contributed by atoms with Gasteiger partial charge in [0, 0.05) is 29.3 Å². The Hall–Kier alpha value is -2.66. The molecule has 2 aromatic carbocycles. The topological polar surface area (TPSA) is 56.1 Å². The number of hydrogen-bond donors (Lipinski definition) is 1. The van der Waals surface area contributed by atoms with Crippen LogP contribution in [0.1, 0.15) is 74.0 Å². The molecule has 156 valence electrons. The summed E-state index contributed by atoms with van der Waals surface area (Å²) in [6, 6.07) is 10.6. The molecule has 1 aliphatic carbocycles. The average Bonchev–Trinajstić information content (AvgIpc) is 3.29. The molecule has 0 bridgehead atoms. The summed E-state index contributed by atoms with van der Waals surface area (Å²) in [6.07, 6.45) is 9.76. The Labute approximate surface area is 177 Å². The molecule has 5 heteroatoms. The lowest BCUT2D eigenvalue weighted by Gasteiger charge is -2.33. The highest BCUT2D eigenvalue weighted by Crippen LogP contribution is 2.36. The largest absolute Gasteiger partial charge is 0.373 e. The van der Waals surface area contributed by atoms with Crippen LogP contribution < -0.4 is 5.32 Å². The molecule has 0 atom stereocenters. The summed E-state index contributed by atoms with van der Waals surface area (Å²) in [5, 5.41) is 9.84. The van der Waals surface area contributed by atoms with Crippen molar-refractivity contribution in [2.45, 2.75) is 70.6 Å². The van der Waals surface area contributed by atoms with Crippen LogP contribution >= 0.6 is 0 Å². The second kappa shape index (κ2) is 7.24. The van der Waals surface area contributed by atoms with Crippen molar-refractivity contribution in [1.82, 2.24) is 9.78 Å². The summed E-state index contributed by atoms with van der Waals surface area (Å²) in [5.74, 6) is -0.00777. The normalized spacial score (nSPS) is 21.2. The number of anilines is 1. The fraction of sp³-hybridized carbons (Fsp3) is 0.440. The van der Waals surface area contributed by atoms with E-state index >= 15 is 0 Å². The molecule has 1 fully saturated rings. The predicted octanol–water partition coefficient (Wildman–Crippen LogP) is 5.49. The van der Waals surface area contributed by atoms with Crippen LogP contribution in [0.3, 0.4) is 0 Å². The van der Waals surface area contributed by atoms with E-state index in [9.17, 15) is 4.79 Å². The lowest BCUT2D eigenvalue weighted by atomic mass is 9.92. The Morgan fingerprint density at radius 3 is 2.70 bits per heavy atom. The van der Waals surface area contributed by atoms with Crippen LogP contribution in [-0.4, -0.2) is 27.4 Å². The van der Waals surface area contributed by atoms with Crippen LogP contribution in [0.25, 0.3) is 10.8 Å². The minimum Gasteiger partial charge on any atom is -0.373 e. The highest BCUT2D eigenvalue weighted by atomic mass is 16.5. The monoisotopic (exact) mass is 403 g/mol. The minimum absolute atomic E-state index is 0.00777. The van der Waals surface area contributed by atoms with Gasteiger partial charge in [-0.25, -0.2) is 0 Å². The summed E-state index contributed by atoms with van der Waals surface area (Å²) in [6.45, 7) is 6.39. The van der Waals surface area contributed by atoms with Gasteiger partial charge in [0.05, 0.1) is 23.9 Å². The SMILES string of the molecule is CC(C)(C)O[C@H]1CC[C@H](n2cc(Cc3ccc4c5c(cccc35)C(=O)N4)cn2)CC1. The minimum atomic E-state index is -0.0733. The Kier molecular flexibility index (Phi) is 4.66. The van der Waals surface area contributed by atoms with Gasteiger partial charge in [-0.05, 0) is 75.1 Å². The molecule has 5 rings (SSSR count). The highest BCUT2D eigenvalue weighted by molar-refractivity contribution is 6.24. The second-order valence-electron chi connectivity index (χ2n) is 9.62. The molecule has 1 N–H and O–H groups in total. The standard InChI is InChI=1S/C25H29N3O2/c1-25(2,3)30-19-10-8-18(9-11-19)28-15-16(14-26-28)13-17-7-12-22-23-20(17)5-4-6-21(23)24(29)27-22/h4-7,12,14-15,18-19H,8-11,13H2,1-3H3,(H,27,29)/t18-,19-. The second-order valence-corrected chi connectivity index (χ2v) is 9.62. The molecule has 30 heavy (non-hydrogen) atoms.